The van der Waals surface area contributed by atoms with Crippen LogP contribution in [0.25, 0.3) is 0 Å². The topological polar surface area (TPSA) is 95.9 Å². The van der Waals surface area contributed by atoms with Crippen LogP contribution in [0.5, 0.6) is 5.75 Å². The Labute approximate surface area is 115 Å². The zero-order valence-electron chi connectivity index (χ0n) is 10.9. The van der Waals surface area contributed by atoms with Crippen LogP contribution >= 0.6 is 0 Å². The lowest BCUT2D eigenvalue weighted by molar-refractivity contribution is -0.139. The van der Waals surface area contributed by atoms with E-state index in [0.717, 1.165) is 18.2 Å². The Morgan fingerprint density at radius 2 is 2.15 bits per heavy atom. The second-order valence-electron chi connectivity index (χ2n) is 4.16. The van der Waals surface area contributed by atoms with Crippen molar-refractivity contribution in [2.24, 2.45) is 0 Å². The van der Waals surface area contributed by atoms with E-state index in [2.05, 4.69) is 5.32 Å². The average Bonchev–Trinajstić information content (AvgIpc) is 2.37. The van der Waals surface area contributed by atoms with Crippen LogP contribution in [0.1, 0.15) is 23.2 Å². The third-order valence-corrected chi connectivity index (χ3v) is 2.65. The molecule has 1 rings (SSSR count). The number of hydrogen-bond donors (Lipinski definition) is 3. The van der Waals surface area contributed by atoms with Crippen LogP contribution < -0.4 is 5.32 Å². The molecule has 0 aliphatic carbocycles. The number of aromatic hydroxyl groups is 1. The van der Waals surface area contributed by atoms with Gasteiger partial charge in [-0.25, -0.2) is 9.18 Å². The van der Waals surface area contributed by atoms with E-state index in [0.29, 0.717) is 13.0 Å². The predicted molar refractivity (Wildman–Crippen MR) is 68.1 cm³/mol. The summed E-state index contributed by atoms with van der Waals surface area (Å²) in [6, 6.07) is 1.79. The number of hydrogen-bond acceptors (Lipinski definition) is 4. The number of carbonyl (C=O) groups excluding carboxylic acids is 1. The van der Waals surface area contributed by atoms with E-state index in [4.69, 9.17) is 9.84 Å². The Morgan fingerprint density at radius 1 is 1.45 bits per heavy atom. The van der Waals surface area contributed by atoms with Gasteiger partial charge in [-0.1, -0.05) is 0 Å². The number of ether oxygens (including phenoxy) is 1. The number of rotatable bonds is 7. The molecule has 0 aliphatic rings. The van der Waals surface area contributed by atoms with E-state index < -0.39 is 29.5 Å². The van der Waals surface area contributed by atoms with Crippen LogP contribution in [0.4, 0.5) is 4.39 Å². The number of phenolic OH excluding ortho intramolecular Hbond substituents is 1. The summed E-state index contributed by atoms with van der Waals surface area (Å²) in [5, 5.41) is 20.7. The fourth-order valence-electron chi connectivity index (χ4n) is 1.62. The van der Waals surface area contributed by atoms with Crippen molar-refractivity contribution in [3.05, 3.63) is 29.6 Å². The maximum Gasteiger partial charge on any atom is 0.326 e. The highest BCUT2D eigenvalue weighted by molar-refractivity contribution is 5.98. The molecular formula is C13H16FNO5. The number of phenols is 1. The van der Waals surface area contributed by atoms with Crippen molar-refractivity contribution in [3.8, 4) is 5.75 Å². The molecule has 0 aliphatic heterocycles. The van der Waals surface area contributed by atoms with Gasteiger partial charge in [0.05, 0.1) is 5.56 Å². The van der Waals surface area contributed by atoms with Crippen molar-refractivity contribution in [1.82, 2.24) is 5.32 Å². The first-order valence-electron chi connectivity index (χ1n) is 5.96. The number of halogens is 1. The molecule has 0 aromatic heterocycles. The lowest BCUT2D eigenvalue weighted by Crippen LogP contribution is -2.40. The predicted octanol–water partition coefficient (Wildman–Crippen LogP) is 1.14. The van der Waals surface area contributed by atoms with Gasteiger partial charge in [-0.2, -0.15) is 0 Å². The molecule has 1 unspecified atom stereocenters. The summed E-state index contributed by atoms with van der Waals surface area (Å²) in [5.74, 6) is -3.18. The van der Waals surface area contributed by atoms with Gasteiger partial charge >= 0.3 is 5.97 Å². The zero-order valence-corrected chi connectivity index (χ0v) is 10.9. The number of nitrogens with one attached hydrogen (secondary N) is 1. The lowest BCUT2D eigenvalue weighted by atomic mass is 10.1. The van der Waals surface area contributed by atoms with Crippen LogP contribution in [-0.4, -0.2) is 41.8 Å². The molecule has 20 heavy (non-hydrogen) atoms. The highest BCUT2D eigenvalue weighted by atomic mass is 19.1. The average molecular weight is 285 g/mol. The summed E-state index contributed by atoms with van der Waals surface area (Å²) < 4.78 is 17.6. The first-order chi connectivity index (χ1) is 9.45. The van der Waals surface area contributed by atoms with Crippen molar-refractivity contribution < 1.29 is 28.9 Å². The van der Waals surface area contributed by atoms with Crippen molar-refractivity contribution in [2.45, 2.75) is 18.9 Å². The Bertz CT molecular complexity index is 492. The maximum absolute atomic E-state index is 12.8. The maximum atomic E-state index is 12.8. The smallest absolute Gasteiger partial charge is 0.326 e. The number of carboxylic acids is 1. The summed E-state index contributed by atoms with van der Waals surface area (Å²) in [7, 11) is 1.49. The molecule has 0 fully saturated rings. The number of methoxy groups -OCH3 is 1. The number of aliphatic carboxylic acids is 1. The van der Waals surface area contributed by atoms with E-state index in [9.17, 15) is 19.1 Å². The molecule has 0 heterocycles. The molecular weight excluding hydrogens is 269 g/mol. The monoisotopic (exact) mass is 285 g/mol. The molecule has 3 N–H and O–H groups in total. The van der Waals surface area contributed by atoms with Gasteiger partial charge in [-0.05, 0) is 25.0 Å². The van der Waals surface area contributed by atoms with Gasteiger partial charge in [-0.3, -0.25) is 4.79 Å². The summed E-state index contributed by atoms with van der Waals surface area (Å²) in [5.41, 5.74) is -0.176. The van der Waals surface area contributed by atoms with Crippen LogP contribution in [-0.2, 0) is 9.53 Å². The highest BCUT2D eigenvalue weighted by Crippen LogP contribution is 2.18. The van der Waals surface area contributed by atoms with Crippen LogP contribution in [0.15, 0.2) is 18.2 Å². The number of carboxylic acid groups (broad SMARTS) is 1. The van der Waals surface area contributed by atoms with Crippen molar-refractivity contribution >= 4 is 11.9 Å². The van der Waals surface area contributed by atoms with E-state index in [-0.39, 0.29) is 12.0 Å². The van der Waals surface area contributed by atoms with Gasteiger partial charge in [0.25, 0.3) is 5.91 Å². The Hall–Kier alpha value is -2.15. The first-order valence-corrected chi connectivity index (χ1v) is 5.96. The normalized spacial score (nSPS) is 11.9. The van der Waals surface area contributed by atoms with Gasteiger partial charge in [0.1, 0.15) is 17.6 Å². The SMILES string of the molecule is COCCCC(NC(=O)c1ccc(F)cc1O)C(=O)O. The highest BCUT2D eigenvalue weighted by Gasteiger charge is 2.21. The van der Waals surface area contributed by atoms with Crippen molar-refractivity contribution in [3.63, 3.8) is 0 Å². The van der Waals surface area contributed by atoms with Gasteiger partial charge < -0.3 is 20.3 Å². The first kappa shape index (κ1) is 15.9. The molecule has 0 saturated carbocycles. The minimum Gasteiger partial charge on any atom is -0.507 e. The molecule has 1 atom stereocenters. The molecule has 7 heteroatoms. The van der Waals surface area contributed by atoms with E-state index in [1.165, 1.54) is 7.11 Å². The van der Waals surface area contributed by atoms with Gasteiger partial charge in [-0.15, -0.1) is 0 Å². The summed E-state index contributed by atoms with van der Waals surface area (Å²) in [6.45, 7) is 0.376. The molecule has 1 amide bonds. The van der Waals surface area contributed by atoms with Crippen LogP contribution in [0, 0.1) is 5.82 Å². The molecule has 1 aromatic rings. The minimum atomic E-state index is -1.18. The zero-order chi connectivity index (χ0) is 15.1. The molecule has 110 valence electrons. The molecule has 1 aromatic carbocycles. The Kier molecular flexibility index (Phi) is 5.92. The number of carbonyl (C=O) groups is 2. The summed E-state index contributed by atoms with van der Waals surface area (Å²) >= 11 is 0. The summed E-state index contributed by atoms with van der Waals surface area (Å²) in [6.07, 6.45) is 0.653. The summed E-state index contributed by atoms with van der Waals surface area (Å²) in [4.78, 5) is 22.9. The Morgan fingerprint density at radius 3 is 2.70 bits per heavy atom. The third kappa shape index (κ3) is 4.51. The molecule has 0 bridgehead atoms. The largest absolute Gasteiger partial charge is 0.507 e. The molecule has 0 saturated heterocycles. The fourth-order valence-corrected chi connectivity index (χ4v) is 1.62. The van der Waals surface area contributed by atoms with Crippen LogP contribution in [0.3, 0.4) is 0 Å². The third-order valence-electron chi connectivity index (χ3n) is 2.65. The van der Waals surface area contributed by atoms with Gasteiger partial charge in [0.2, 0.25) is 0 Å². The van der Waals surface area contributed by atoms with E-state index in [1.807, 2.05) is 0 Å². The number of amides is 1. The second kappa shape index (κ2) is 7.44. The van der Waals surface area contributed by atoms with Crippen LogP contribution in [0.2, 0.25) is 0 Å². The standard InChI is InChI=1S/C13H16FNO5/c1-20-6-2-3-10(13(18)19)15-12(17)9-5-4-8(14)7-11(9)16/h4-5,7,10,16H,2-3,6H2,1H3,(H,15,17)(H,18,19). The van der Waals surface area contributed by atoms with E-state index >= 15 is 0 Å². The minimum absolute atomic E-state index is 0.176. The Balaban J connectivity index is 2.72. The second-order valence-corrected chi connectivity index (χ2v) is 4.16. The van der Waals surface area contributed by atoms with Gasteiger partial charge in [0.15, 0.2) is 0 Å². The lowest BCUT2D eigenvalue weighted by Gasteiger charge is -2.14. The van der Waals surface area contributed by atoms with Gasteiger partial charge in [0, 0.05) is 19.8 Å². The quantitative estimate of drug-likeness (QED) is 0.653. The molecule has 0 spiro atoms. The fraction of sp³-hybridized carbons (Fsp3) is 0.385. The molecule has 6 nitrogen and oxygen atoms in total. The van der Waals surface area contributed by atoms with Crippen molar-refractivity contribution in [1.29, 1.82) is 0 Å². The number of benzene rings is 1. The van der Waals surface area contributed by atoms with Crippen molar-refractivity contribution in [2.75, 3.05) is 13.7 Å². The molecule has 0 radical (unpaired) electrons. The van der Waals surface area contributed by atoms with E-state index in [1.54, 1.807) is 0 Å².